The average Bonchev–Trinajstić information content (AvgIpc) is 2.72. The molecule has 6 nitrogen and oxygen atoms in total. The highest BCUT2D eigenvalue weighted by molar-refractivity contribution is 5.36. The molecule has 1 saturated heterocycles. The van der Waals surface area contributed by atoms with E-state index in [2.05, 4.69) is 46.5 Å². The van der Waals surface area contributed by atoms with E-state index in [1.807, 2.05) is 12.1 Å². The van der Waals surface area contributed by atoms with Crippen molar-refractivity contribution in [1.82, 2.24) is 15.2 Å². The first-order chi connectivity index (χ1) is 12.7. The van der Waals surface area contributed by atoms with Crippen molar-refractivity contribution < 1.29 is 9.47 Å². The number of benzene rings is 1. The van der Waals surface area contributed by atoms with Gasteiger partial charge in [0.15, 0.2) is 0 Å². The van der Waals surface area contributed by atoms with E-state index in [1.54, 1.807) is 7.11 Å². The molecule has 6 heteroatoms. The van der Waals surface area contributed by atoms with Crippen LogP contribution in [0.5, 0.6) is 5.75 Å². The van der Waals surface area contributed by atoms with Crippen molar-refractivity contribution >= 4 is 5.95 Å². The van der Waals surface area contributed by atoms with Gasteiger partial charge in [-0.05, 0) is 43.4 Å². The van der Waals surface area contributed by atoms with Crippen molar-refractivity contribution in [2.75, 3.05) is 32.2 Å². The molecule has 26 heavy (non-hydrogen) atoms. The molecule has 0 atom stereocenters. The highest BCUT2D eigenvalue weighted by Crippen LogP contribution is 2.35. The first-order valence-corrected chi connectivity index (χ1v) is 9.39. The second-order valence-electron chi connectivity index (χ2n) is 6.71. The van der Waals surface area contributed by atoms with Gasteiger partial charge in [0.1, 0.15) is 5.75 Å². The largest absolute Gasteiger partial charge is 0.497 e. The maximum absolute atomic E-state index is 5.61. The van der Waals surface area contributed by atoms with Crippen molar-refractivity contribution in [3.63, 3.8) is 0 Å². The van der Waals surface area contributed by atoms with Crippen molar-refractivity contribution in [2.45, 2.75) is 44.9 Å². The molecule has 0 unspecified atom stereocenters. The van der Waals surface area contributed by atoms with E-state index < -0.39 is 0 Å². The molecule has 2 aromatic rings. The topological polar surface area (TPSA) is 69.2 Å². The van der Waals surface area contributed by atoms with E-state index in [0.29, 0.717) is 5.95 Å². The van der Waals surface area contributed by atoms with Gasteiger partial charge < -0.3 is 14.8 Å². The van der Waals surface area contributed by atoms with E-state index in [0.717, 1.165) is 62.6 Å². The summed E-state index contributed by atoms with van der Waals surface area (Å²) in [6.07, 6.45) is 3.66. The summed E-state index contributed by atoms with van der Waals surface area (Å²) in [5, 5.41) is 12.0. The Morgan fingerprint density at radius 2 is 1.73 bits per heavy atom. The zero-order valence-corrected chi connectivity index (χ0v) is 15.9. The van der Waals surface area contributed by atoms with Crippen LogP contribution < -0.4 is 10.1 Å². The highest BCUT2D eigenvalue weighted by atomic mass is 16.5. The van der Waals surface area contributed by atoms with Crippen LogP contribution in [0, 0.1) is 0 Å². The quantitative estimate of drug-likeness (QED) is 0.822. The molecular weight excluding hydrogens is 328 g/mol. The van der Waals surface area contributed by atoms with Gasteiger partial charge in [-0.2, -0.15) is 5.10 Å². The molecule has 1 aliphatic rings. The lowest BCUT2D eigenvalue weighted by molar-refractivity contribution is 0.0543. The van der Waals surface area contributed by atoms with E-state index in [1.165, 1.54) is 5.56 Å². The van der Waals surface area contributed by atoms with Crippen LogP contribution in [0.4, 0.5) is 5.95 Å². The van der Waals surface area contributed by atoms with Gasteiger partial charge in [0.2, 0.25) is 5.95 Å². The van der Waals surface area contributed by atoms with Gasteiger partial charge in [-0.25, -0.2) is 4.98 Å². The summed E-state index contributed by atoms with van der Waals surface area (Å²) in [5.41, 5.74) is 3.30. The molecule has 0 radical (unpaired) electrons. The van der Waals surface area contributed by atoms with Crippen LogP contribution in [0.2, 0.25) is 0 Å². The van der Waals surface area contributed by atoms with E-state index in [4.69, 9.17) is 9.47 Å². The Hall–Kier alpha value is -2.21. The normalized spacial score (nSPS) is 16.3. The van der Waals surface area contributed by atoms with E-state index in [9.17, 15) is 0 Å². The number of ether oxygens (including phenoxy) is 2. The molecular formula is C20H28N4O2. The molecule has 0 spiro atoms. The molecule has 1 aromatic heterocycles. The van der Waals surface area contributed by atoms with Crippen molar-refractivity contribution in [1.29, 1.82) is 0 Å². The zero-order valence-electron chi connectivity index (χ0n) is 15.9. The summed E-state index contributed by atoms with van der Waals surface area (Å²) in [6, 6.07) is 8.36. The minimum atomic E-state index is 0.00366. The summed E-state index contributed by atoms with van der Waals surface area (Å²) in [7, 11) is 1.69. The third kappa shape index (κ3) is 3.96. The van der Waals surface area contributed by atoms with Crippen LogP contribution >= 0.6 is 0 Å². The standard InChI is InChI=1S/C20H28N4O2/c1-4-17-18(5-2)23-24-19(22-17)21-14-20(10-12-26-13-11-20)15-6-8-16(25-3)9-7-15/h6-9H,4-5,10-14H2,1-3H3,(H,21,22,24). The minimum absolute atomic E-state index is 0.00366. The van der Waals surface area contributed by atoms with Gasteiger partial charge >= 0.3 is 0 Å². The molecule has 2 heterocycles. The van der Waals surface area contributed by atoms with Gasteiger partial charge in [-0.1, -0.05) is 26.0 Å². The SMILES string of the molecule is CCc1nnc(NCC2(c3ccc(OC)cc3)CCOCC2)nc1CC. The predicted octanol–water partition coefficient (Wildman–Crippen LogP) is 3.17. The highest BCUT2D eigenvalue weighted by Gasteiger charge is 2.34. The lowest BCUT2D eigenvalue weighted by Gasteiger charge is -2.38. The van der Waals surface area contributed by atoms with E-state index >= 15 is 0 Å². The molecule has 1 aromatic carbocycles. The maximum atomic E-state index is 5.61. The van der Waals surface area contributed by atoms with Crippen LogP contribution in [0.3, 0.4) is 0 Å². The van der Waals surface area contributed by atoms with Crippen LogP contribution in [0.25, 0.3) is 0 Å². The number of hydrogen-bond acceptors (Lipinski definition) is 6. The second-order valence-corrected chi connectivity index (χ2v) is 6.71. The number of anilines is 1. The fourth-order valence-corrected chi connectivity index (χ4v) is 3.54. The number of hydrogen-bond donors (Lipinski definition) is 1. The van der Waals surface area contributed by atoms with Gasteiger partial charge in [0.25, 0.3) is 0 Å². The van der Waals surface area contributed by atoms with Crippen molar-refractivity contribution in [3.8, 4) is 5.75 Å². The van der Waals surface area contributed by atoms with Gasteiger partial charge in [0.05, 0.1) is 18.5 Å². The molecule has 0 saturated carbocycles. The predicted molar refractivity (Wildman–Crippen MR) is 102 cm³/mol. The molecule has 0 aliphatic carbocycles. The number of nitrogens with one attached hydrogen (secondary N) is 1. The first-order valence-electron chi connectivity index (χ1n) is 9.39. The summed E-state index contributed by atoms with van der Waals surface area (Å²) >= 11 is 0. The fourth-order valence-electron chi connectivity index (χ4n) is 3.54. The summed E-state index contributed by atoms with van der Waals surface area (Å²) in [6.45, 7) is 6.48. The number of aromatic nitrogens is 3. The third-order valence-corrected chi connectivity index (χ3v) is 5.25. The van der Waals surface area contributed by atoms with Gasteiger partial charge in [0, 0.05) is 25.2 Å². The molecule has 140 valence electrons. The molecule has 0 amide bonds. The van der Waals surface area contributed by atoms with E-state index in [-0.39, 0.29) is 5.41 Å². The lowest BCUT2D eigenvalue weighted by Crippen LogP contribution is -2.40. The molecule has 1 N–H and O–H groups in total. The van der Waals surface area contributed by atoms with Gasteiger partial charge in [-0.3, -0.25) is 0 Å². The van der Waals surface area contributed by atoms with Crippen LogP contribution in [-0.2, 0) is 23.0 Å². The Kier molecular flexibility index (Phi) is 6.04. The first kappa shape index (κ1) is 18.6. The maximum Gasteiger partial charge on any atom is 0.243 e. The van der Waals surface area contributed by atoms with Gasteiger partial charge in [-0.15, -0.1) is 5.10 Å². The Morgan fingerprint density at radius 3 is 2.35 bits per heavy atom. The molecule has 0 bridgehead atoms. The van der Waals surface area contributed by atoms with Crippen LogP contribution in [0.15, 0.2) is 24.3 Å². The minimum Gasteiger partial charge on any atom is -0.497 e. The van der Waals surface area contributed by atoms with Crippen molar-refractivity contribution in [2.24, 2.45) is 0 Å². The molecule has 1 fully saturated rings. The number of rotatable bonds is 7. The number of methoxy groups -OCH3 is 1. The summed E-state index contributed by atoms with van der Waals surface area (Å²) in [4.78, 5) is 4.66. The fraction of sp³-hybridized carbons (Fsp3) is 0.550. The Labute approximate surface area is 155 Å². The van der Waals surface area contributed by atoms with Crippen LogP contribution in [-0.4, -0.2) is 42.0 Å². The monoisotopic (exact) mass is 356 g/mol. The summed E-state index contributed by atoms with van der Waals surface area (Å²) in [5.74, 6) is 1.48. The molecule has 1 aliphatic heterocycles. The Balaban J connectivity index is 1.80. The second kappa shape index (κ2) is 8.45. The van der Waals surface area contributed by atoms with Crippen molar-refractivity contribution in [3.05, 3.63) is 41.2 Å². The molecule has 3 rings (SSSR count). The Bertz CT molecular complexity index is 712. The zero-order chi connectivity index (χ0) is 18.4. The lowest BCUT2D eigenvalue weighted by atomic mass is 9.74. The third-order valence-electron chi connectivity index (χ3n) is 5.25. The van der Waals surface area contributed by atoms with Crippen LogP contribution in [0.1, 0.15) is 43.6 Å². The number of aryl methyl sites for hydroxylation is 2. The Morgan fingerprint density at radius 1 is 1.04 bits per heavy atom. The average molecular weight is 356 g/mol. The number of nitrogens with zero attached hydrogens (tertiary/aromatic N) is 3. The summed E-state index contributed by atoms with van der Waals surface area (Å²) < 4.78 is 10.9. The smallest absolute Gasteiger partial charge is 0.243 e.